The standard InChI is InChI=1S/C29H29N3O8S/c1-30-41(37,38)21-10-8-19(9-11-21)20-12-13-31-24(14-20)28(34)32(29(35)36)23-16-26(25(39-2)15-22(23)27(31)33)40-17-18-6-4-3-5-7-18/h3-11,14-16,24,28,30,34H,12-13,17H2,1-2H3,(H,35,36)/t24-,28?/m0/s1. The van der Waals surface area contributed by atoms with Gasteiger partial charge in [-0.15, -0.1) is 0 Å². The average Bonchev–Trinajstić information content (AvgIpc) is 3.08. The zero-order valence-electron chi connectivity index (χ0n) is 22.4. The maximum absolute atomic E-state index is 13.8. The molecule has 0 spiro atoms. The molecule has 3 aromatic rings. The normalized spacial score (nSPS) is 18.6. The molecule has 0 aromatic heterocycles. The SMILES string of the molecule is CNS(=O)(=O)c1ccc(C2=C[C@H]3C(O)N(C(=O)O)c4cc(OCc5ccccc5)c(OC)cc4C(=O)N3CC2)cc1. The fourth-order valence-corrected chi connectivity index (χ4v) is 5.78. The minimum Gasteiger partial charge on any atom is -0.493 e. The number of aliphatic hydroxyl groups excluding tert-OH is 1. The molecule has 5 rings (SSSR count). The molecule has 12 heteroatoms. The van der Waals surface area contributed by atoms with Crippen molar-refractivity contribution in [1.29, 1.82) is 0 Å². The second-order valence-electron chi connectivity index (χ2n) is 9.52. The van der Waals surface area contributed by atoms with Gasteiger partial charge in [-0.2, -0.15) is 0 Å². The molecule has 214 valence electrons. The molecular formula is C29H29N3O8S. The number of carbonyl (C=O) groups excluding carboxylic acids is 1. The number of carboxylic acid groups (broad SMARTS) is 1. The predicted octanol–water partition coefficient (Wildman–Crippen LogP) is 3.30. The summed E-state index contributed by atoms with van der Waals surface area (Å²) in [5.41, 5.74) is 2.34. The Balaban J connectivity index is 1.52. The molecule has 2 aliphatic heterocycles. The third-order valence-corrected chi connectivity index (χ3v) is 8.63. The molecule has 2 aliphatic rings. The molecule has 0 radical (unpaired) electrons. The largest absolute Gasteiger partial charge is 0.493 e. The van der Waals surface area contributed by atoms with Crippen LogP contribution in [0.3, 0.4) is 0 Å². The summed E-state index contributed by atoms with van der Waals surface area (Å²) in [7, 11) is -0.867. The third-order valence-electron chi connectivity index (χ3n) is 7.20. The molecule has 11 nitrogen and oxygen atoms in total. The number of fused-ring (bicyclic) bond motifs is 2. The van der Waals surface area contributed by atoms with E-state index < -0.39 is 34.3 Å². The number of carbonyl (C=O) groups is 2. The smallest absolute Gasteiger partial charge is 0.414 e. The lowest BCUT2D eigenvalue weighted by Gasteiger charge is -2.37. The van der Waals surface area contributed by atoms with E-state index in [2.05, 4.69) is 4.72 Å². The van der Waals surface area contributed by atoms with Gasteiger partial charge in [-0.3, -0.25) is 4.79 Å². The van der Waals surface area contributed by atoms with E-state index in [1.165, 1.54) is 43.3 Å². The van der Waals surface area contributed by atoms with E-state index >= 15 is 0 Å². The number of ether oxygens (including phenoxy) is 2. The van der Waals surface area contributed by atoms with Gasteiger partial charge >= 0.3 is 6.09 Å². The van der Waals surface area contributed by atoms with E-state index in [0.717, 1.165) is 16.0 Å². The van der Waals surface area contributed by atoms with Crippen molar-refractivity contribution in [2.75, 3.05) is 25.6 Å². The van der Waals surface area contributed by atoms with Gasteiger partial charge in [0.25, 0.3) is 5.91 Å². The highest BCUT2D eigenvalue weighted by molar-refractivity contribution is 7.89. The summed E-state index contributed by atoms with van der Waals surface area (Å²) in [6.45, 7) is 0.374. The monoisotopic (exact) mass is 579 g/mol. The molecule has 0 bridgehead atoms. The van der Waals surface area contributed by atoms with E-state index in [1.807, 2.05) is 30.3 Å². The molecule has 41 heavy (non-hydrogen) atoms. The van der Waals surface area contributed by atoms with Crippen molar-refractivity contribution in [1.82, 2.24) is 9.62 Å². The van der Waals surface area contributed by atoms with Crippen LogP contribution in [0.2, 0.25) is 0 Å². The predicted molar refractivity (Wildman–Crippen MR) is 150 cm³/mol. The number of sulfonamides is 1. The van der Waals surface area contributed by atoms with Gasteiger partial charge in [-0.05, 0) is 48.4 Å². The molecular weight excluding hydrogens is 550 g/mol. The number of methoxy groups -OCH3 is 1. The summed E-state index contributed by atoms with van der Waals surface area (Å²) in [6.07, 6.45) is -1.02. The van der Waals surface area contributed by atoms with Gasteiger partial charge in [0.2, 0.25) is 10.0 Å². The summed E-state index contributed by atoms with van der Waals surface area (Å²) >= 11 is 0. The molecule has 2 atom stereocenters. The summed E-state index contributed by atoms with van der Waals surface area (Å²) in [5, 5.41) is 21.6. The Bertz CT molecular complexity index is 1610. The number of hydrogen-bond donors (Lipinski definition) is 3. The highest BCUT2D eigenvalue weighted by Gasteiger charge is 2.43. The van der Waals surface area contributed by atoms with E-state index in [1.54, 1.807) is 18.2 Å². The number of nitrogens with zero attached hydrogens (tertiary/aromatic N) is 2. The van der Waals surface area contributed by atoms with Crippen molar-refractivity contribution < 1.29 is 37.7 Å². The zero-order valence-corrected chi connectivity index (χ0v) is 23.2. The van der Waals surface area contributed by atoms with Gasteiger partial charge in [0.05, 0.1) is 29.3 Å². The number of benzene rings is 3. The molecule has 0 aliphatic carbocycles. The van der Waals surface area contributed by atoms with Gasteiger partial charge < -0.3 is 24.6 Å². The topological polar surface area (TPSA) is 146 Å². The Morgan fingerprint density at radius 1 is 1.07 bits per heavy atom. The summed E-state index contributed by atoms with van der Waals surface area (Å²) < 4.78 is 37.9. The number of rotatable bonds is 7. The van der Waals surface area contributed by atoms with Crippen LogP contribution in [0.1, 0.15) is 27.9 Å². The van der Waals surface area contributed by atoms with Crippen LogP contribution in [0.25, 0.3) is 5.57 Å². The first kappa shape index (κ1) is 28.1. The Morgan fingerprint density at radius 2 is 1.78 bits per heavy atom. The molecule has 3 N–H and O–H groups in total. The maximum atomic E-state index is 13.8. The Kier molecular flexibility index (Phi) is 7.72. The van der Waals surface area contributed by atoms with Crippen LogP contribution in [0.5, 0.6) is 11.5 Å². The fraction of sp³-hybridized carbons (Fsp3) is 0.241. The van der Waals surface area contributed by atoms with Crippen LogP contribution in [0, 0.1) is 0 Å². The van der Waals surface area contributed by atoms with Crippen molar-refractivity contribution >= 4 is 33.3 Å². The lowest BCUT2D eigenvalue weighted by molar-refractivity contribution is 0.0489. The molecule has 0 saturated carbocycles. The number of amides is 2. The number of anilines is 1. The van der Waals surface area contributed by atoms with Crippen molar-refractivity contribution in [3.8, 4) is 11.5 Å². The van der Waals surface area contributed by atoms with Crippen LogP contribution in [0.4, 0.5) is 10.5 Å². The van der Waals surface area contributed by atoms with Crippen molar-refractivity contribution in [2.24, 2.45) is 0 Å². The van der Waals surface area contributed by atoms with Crippen LogP contribution < -0.4 is 19.1 Å². The van der Waals surface area contributed by atoms with Crippen molar-refractivity contribution in [3.05, 3.63) is 89.5 Å². The maximum Gasteiger partial charge on any atom is 0.414 e. The number of nitrogens with one attached hydrogen (secondary N) is 1. The highest BCUT2D eigenvalue weighted by Crippen LogP contribution is 2.41. The highest BCUT2D eigenvalue weighted by atomic mass is 32.2. The first-order valence-corrected chi connectivity index (χ1v) is 14.3. The van der Waals surface area contributed by atoms with Gasteiger partial charge in [0, 0.05) is 12.6 Å². The Morgan fingerprint density at radius 3 is 2.41 bits per heavy atom. The van der Waals surface area contributed by atoms with Crippen LogP contribution in [0.15, 0.2) is 77.7 Å². The quantitative estimate of drug-likeness (QED) is 0.387. The first-order valence-electron chi connectivity index (χ1n) is 12.8. The lowest BCUT2D eigenvalue weighted by Crippen LogP contribution is -2.53. The minimum atomic E-state index is -3.62. The molecule has 0 saturated heterocycles. The van der Waals surface area contributed by atoms with Crippen LogP contribution in [-0.2, 0) is 16.6 Å². The fourth-order valence-electron chi connectivity index (χ4n) is 5.05. The molecule has 2 heterocycles. The molecule has 0 fully saturated rings. The third kappa shape index (κ3) is 5.36. The Labute approximate surface area is 237 Å². The van der Waals surface area contributed by atoms with E-state index in [4.69, 9.17) is 9.47 Å². The molecule has 1 unspecified atom stereocenters. The molecule has 3 aromatic carbocycles. The minimum absolute atomic E-state index is 0.0233. The second kappa shape index (κ2) is 11.2. The lowest BCUT2D eigenvalue weighted by atomic mass is 9.94. The average molecular weight is 580 g/mol. The van der Waals surface area contributed by atoms with Gasteiger partial charge in [0.15, 0.2) is 17.7 Å². The van der Waals surface area contributed by atoms with E-state index in [9.17, 15) is 28.2 Å². The van der Waals surface area contributed by atoms with Crippen molar-refractivity contribution in [3.63, 3.8) is 0 Å². The second-order valence-corrected chi connectivity index (χ2v) is 11.4. The summed E-state index contributed by atoms with van der Waals surface area (Å²) in [4.78, 5) is 28.6. The molecule has 2 amide bonds. The van der Waals surface area contributed by atoms with Gasteiger partial charge in [0.1, 0.15) is 6.61 Å². The van der Waals surface area contributed by atoms with Crippen LogP contribution in [-0.4, -0.2) is 68.5 Å². The Hall–Kier alpha value is -4.39. The summed E-state index contributed by atoms with van der Waals surface area (Å²) in [5.74, 6) is -0.00306. The zero-order chi connectivity index (χ0) is 29.3. The first-order chi connectivity index (χ1) is 19.6. The van der Waals surface area contributed by atoms with E-state index in [0.29, 0.717) is 12.0 Å². The van der Waals surface area contributed by atoms with Crippen LogP contribution >= 0.6 is 0 Å². The van der Waals surface area contributed by atoms with Gasteiger partial charge in [-0.1, -0.05) is 48.5 Å². The van der Waals surface area contributed by atoms with Crippen molar-refractivity contribution in [2.45, 2.75) is 30.2 Å². The van der Waals surface area contributed by atoms with E-state index in [-0.39, 0.29) is 40.8 Å². The number of aliphatic hydroxyl groups is 1. The summed E-state index contributed by atoms with van der Waals surface area (Å²) in [6, 6.07) is 17.4. The van der Waals surface area contributed by atoms with Gasteiger partial charge in [-0.25, -0.2) is 22.8 Å². The number of hydrogen-bond acceptors (Lipinski definition) is 7.